The molecule has 43 heavy (non-hydrogen) atoms. The maximum atomic E-state index is 13.4. The van der Waals surface area contributed by atoms with Crippen LogP contribution in [0, 0.1) is 5.82 Å². The van der Waals surface area contributed by atoms with Gasteiger partial charge in [-0.2, -0.15) is 0 Å². The molecule has 1 aliphatic rings. The molecule has 0 amide bonds. The monoisotopic (exact) mass is 589 g/mol. The van der Waals surface area contributed by atoms with Crippen LogP contribution in [0.25, 0.3) is 11.1 Å². The summed E-state index contributed by atoms with van der Waals surface area (Å²) in [5.41, 5.74) is 4.10. The van der Waals surface area contributed by atoms with Crippen molar-refractivity contribution in [3.05, 3.63) is 93.2 Å². The van der Waals surface area contributed by atoms with Crippen LogP contribution < -0.4 is 24.4 Å². The minimum atomic E-state index is -0.431. The van der Waals surface area contributed by atoms with Gasteiger partial charge in [-0.3, -0.25) is 9.59 Å². The zero-order valence-corrected chi connectivity index (χ0v) is 24.4. The van der Waals surface area contributed by atoms with Gasteiger partial charge in [0, 0.05) is 18.2 Å². The Kier molecular flexibility index (Phi) is 8.89. The first-order chi connectivity index (χ1) is 20.9. The van der Waals surface area contributed by atoms with Crippen molar-refractivity contribution in [1.82, 2.24) is 15.0 Å². The standard InChI is InChI=1S/C32H32FN3O7/c1-39-27-12-10-23-24(16-26(27)37)25(11-8-20-15-28(40-2)31(41-3)32(42-4)30(20)23)36-17-22(34-35-36)9-13-29(38)43-18-19-6-5-7-21(33)14-19/h5-7,10,12,14-17,25H,8-9,11,13,18H2,1-4H3/t25-/m0/s1. The molecule has 1 aliphatic carbocycles. The smallest absolute Gasteiger partial charge is 0.306 e. The van der Waals surface area contributed by atoms with Crippen molar-refractivity contribution in [3.8, 4) is 34.1 Å². The van der Waals surface area contributed by atoms with E-state index in [-0.39, 0.29) is 36.1 Å². The van der Waals surface area contributed by atoms with E-state index in [4.69, 9.17) is 23.7 Å². The summed E-state index contributed by atoms with van der Waals surface area (Å²) in [7, 11) is 6.13. The number of aromatic nitrogens is 3. The predicted octanol–water partition coefficient (Wildman–Crippen LogP) is 4.69. The van der Waals surface area contributed by atoms with E-state index in [0.717, 1.165) is 16.7 Å². The second-order valence-electron chi connectivity index (χ2n) is 9.99. The molecule has 0 fully saturated rings. The molecule has 0 saturated heterocycles. The fraction of sp³-hybridized carbons (Fsp3) is 0.312. The quantitative estimate of drug-likeness (QED) is 0.243. The number of fused-ring (bicyclic) bond motifs is 3. The number of carbonyl (C=O) groups excluding carboxylic acids is 1. The maximum Gasteiger partial charge on any atom is 0.306 e. The number of aryl methyl sites for hydroxylation is 2. The van der Waals surface area contributed by atoms with Gasteiger partial charge in [0.1, 0.15) is 12.4 Å². The molecule has 0 radical (unpaired) electrons. The average molecular weight is 590 g/mol. The summed E-state index contributed by atoms with van der Waals surface area (Å²) in [5, 5.41) is 8.68. The van der Waals surface area contributed by atoms with E-state index in [1.54, 1.807) is 56.5 Å². The van der Waals surface area contributed by atoms with Gasteiger partial charge in [-0.15, -0.1) is 5.10 Å². The van der Waals surface area contributed by atoms with Crippen LogP contribution in [0.2, 0.25) is 0 Å². The highest BCUT2D eigenvalue weighted by Gasteiger charge is 2.30. The highest BCUT2D eigenvalue weighted by molar-refractivity contribution is 5.82. The van der Waals surface area contributed by atoms with E-state index in [0.29, 0.717) is 53.3 Å². The van der Waals surface area contributed by atoms with Crippen molar-refractivity contribution >= 4 is 5.97 Å². The number of ether oxygens (including phenoxy) is 5. The molecule has 4 aromatic rings. The number of rotatable bonds is 10. The maximum absolute atomic E-state index is 13.4. The van der Waals surface area contributed by atoms with Crippen molar-refractivity contribution in [1.29, 1.82) is 0 Å². The van der Waals surface area contributed by atoms with Gasteiger partial charge in [0.2, 0.25) is 11.2 Å². The van der Waals surface area contributed by atoms with Gasteiger partial charge in [0.25, 0.3) is 0 Å². The van der Waals surface area contributed by atoms with E-state index in [1.807, 2.05) is 12.1 Å². The van der Waals surface area contributed by atoms with Crippen LogP contribution in [-0.4, -0.2) is 49.4 Å². The molecular weight excluding hydrogens is 557 g/mol. The summed E-state index contributed by atoms with van der Waals surface area (Å²) in [6, 6.07) is 12.5. The Morgan fingerprint density at radius 3 is 2.49 bits per heavy atom. The third-order valence-electron chi connectivity index (χ3n) is 7.44. The van der Waals surface area contributed by atoms with E-state index >= 15 is 0 Å². The highest BCUT2D eigenvalue weighted by Crippen LogP contribution is 2.50. The Balaban J connectivity index is 1.46. The lowest BCUT2D eigenvalue weighted by molar-refractivity contribution is -0.144. The van der Waals surface area contributed by atoms with Gasteiger partial charge in [-0.05, 0) is 65.4 Å². The normalized spacial score (nSPS) is 13.7. The first-order valence-corrected chi connectivity index (χ1v) is 13.7. The minimum absolute atomic E-state index is 0.0141. The number of methoxy groups -OCH3 is 4. The fourth-order valence-electron chi connectivity index (χ4n) is 5.39. The SMILES string of the molecule is COc1cc2c(c(OC)c1OC)-c1ccc(OC)c(=O)cc1[C@@H](n1cc(CCC(=O)OCc3cccc(F)c3)nn1)CC2. The minimum Gasteiger partial charge on any atom is -0.493 e. The van der Waals surface area contributed by atoms with Crippen LogP contribution in [0.1, 0.15) is 41.3 Å². The van der Waals surface area contributed by atoms with Gasteiger partial charge in [0.15, 0.2) is 17.2 Å². The van der Waals surface area contributed by atoms with Crippen LogP contribution in [0.3, 0.4) is 0 Å². The largest absolute Gasteiger partial charge is 0.493 e. The van der Waals surface area contributed by atoms with E-state index in [1.165, 1.54) is 19.2 Å². The van der Waals surface area contributed by atoms with Crippen LogP contribution >= 0.6 is 0 Å². The molecule has 10 nitrogen and oxygen atoms in total. The number of esters is 1. The molecule has 1 atom stereocenters. The Morgan fingerprint density at radius 1 is 0.977 bits per heavy atom. The molecule has 0 bridgehead atoms. The summed E-state index contributed by atoms with van der Waals surface area (Å²) in [6.45, 7) is -0.0141. The zero-order valence-electron chi connectivity index (χ0n) is 24.4. The molecular formula is C32H32FN3O7. The second-order valence-corrected chi connectivity index (χ2v) is 9.99. The Morgan fingerprint density at radius 2 is 1.77 bits per heavy atom. The predicted molar refractivity (Wildman–Crippen MR) is 155 cm³/mol. The van der Waals surface area contributed by atoms with E-state index < -0.39 is 5.97 Å². The molecule has 3 aromatic carbocycles. The topological polar surface area (TPSA) is 111 Å². The van der Waals surface area contributed by atoms with Gasteiger partial charge >= 0.3 is 5.97 Å². The number of carbonyl (C=O) groups is 1. The number of benzene rings is 2. The lowest BCUT2D eigenvalue weighted by Gasteiger charge is -2.19. The molecule has 5 rings (SSSR count). The fourth-order valence-corrected chi connectivity index (χ4v) is 5.39. The van der Waals surface area contributed by atoms with Gasteiger partial charge < -0.3 is 23.7 Å². The molecule has 224 valence electrons. The lowest BCUT2D eigenvalue weighted by Crippen LogP contribution is -2.13. The van der Waals surface area contributed by atoms with Crippen molar-refractivity contribution in [2.45, 2.75) is 38.3 Å². The summed E-state index contributed by atoms with van der Waals surface area (Å²) in [5.74, 6) is 0.853. The molecule has 1 heterocycles. The van der Waals surface area contributed by atoms with Crippen molar-refractivity contribution in [3.63, 3.8) is 0 Å². The Hall–Kier alpha value is -4.93. The molecule has 1 aromatic heterocycles. The van der Waals surface area contributed by atoms with Crippen LogP contribution in [-0.2, 0) is 29.0 Å². The summed E-state index contributed by atoms with van der Waals surface area (Å²) in [4.78, 5) is 25.5. The molecule has 0 unspecified atom stereocenters. The highest BCUT2D eigenvalue weighted by atomic mass is 19.1. The second kappa shape index (κ2) is 12.9. The number of hydrogen-bond donors (Lipinski definition) is 0. The Bertz CT molecular complexity index is 1710. The third-order valence-corrected chi connectivity index (χ3v) is 7.44. The summed E-state index contributed by atoms with van der Waals surface area (Å²) in [6.07, 6.45) is 3.35. The van der Waals surface area contributed by atoms with Crippen molar-refractivity contribution in [2.24, 2.45) is 0 Å². The molecule has 0 saturated carbocycles. The number of nitrogens with zero attached hydrogens (tertiary/aromatic N) is 3. The zero-order chi connectivity index (χ0) is 30.5. The summed E-state index contributed by atoms with van der Waals surface area (Å²) >= 11 is 0. The van der Waals surface area contributed by atoms with Crippen LogP contribution in [0.5, 0.6) is 23.0 Å². The average Bonchev–Trinajstić information content (AvgIpc) is 3.35. The first kappa shape index (κ1) is 29.6. The molecule has 11 heteroatoms. The van der Waals surface area contributed by atoms with Crippen molar-refractivity contribution < 1.29 is 32.9 Å². The molecule has 0 aliphatic heterocycles. The third kappa shape index (κ3) is 6.15. The van der Waals surface area contributed by atoms with Gasteiger partial charge in [-0.1, -0.05) is 23.4 Å². The van der Waals surface area contributed by atoms with Crippen molar-refractivity contribution in [2.75, 3.05) is 28.4 Å². The van der Waals surface area contributed by atoms with Gasteiger partial charge in [0.05, 0.1) is 46.6 Å². The first-order valence-electron chi connectivity index (χ1n) is 13.7. The molecule has 0 N–H and O–H groups in total. The van der Waals surface area contributed by atoms with Crippen LogP contribution in [0.15, 0.2) is 59.5 Å². The number of hydrogen-bond acceptors (Lipinski definition) is 9. The number of halogens is 1. The van der Waals surface area contributed by atoms with Crippen LogP contribution in [0.4, 0.5) is 4.39 Å². The van der Waals surface area contributed by atoms with Gasteiger partial charge in [-0.25, -0.2) is 9.07 Å². The summed E-state index contributed by atoms with van der Waals surface area (Å²) < 4.78 is 42.9. The Labute approximate surface area is 247 Å². The molecule has 0 spiro atoms. The van der Waals surface area contributed by atoms with E-state index in [2.05, 4.69) is 10.3 Å². The lowest BCUT2D eigenvalue weighted by atomic mass is 9.95. The van der Waals surface area contributed by atoms with E-state index in [9.17, 15) is 14.0 Å².